The van der Waals surface area contributed by atoms with Gasteiger partial charge in [-0.1, -0.05) is 39.3 Å². The van der Waals surface area contributed by atoms with Gasteiger partial charge >= 0.3 is 5.97 Å². The van der Waals surface area contributed by atoms with Crippen LogP contribution in [0.2, 0.25) is 0 Å². The molecule has 42 heavy (non-hydrogen) atoms. The Kier molecular flexibility index (Phi) is 12.9. The number of unbranched alkanes of at least 4 members (excludes halogenated alkanes) is 2. The Labute approximate surface area is 247 Å². The van der Waals surface area contributed by atoms with Crippen molar-refractivity contribution in [3.8, 4) is 0 Å². The smallest absolute Gasteiger partial charge is 0.311 e. The molecule has 5 amide bonds. The van der Waals surface area contributed by atoms with Crippen molar-refractivity contribution < 1.29 is 33.5 Å². The SMILES string of the molecule is CCC(C)(C)C(=O)OCc1ccc(NC(=O)[C@@H](C)NC(=O)[C@H](NC(=O)CCCCCN2C(=O)C=CC2=O)C(C)C)cc1. The largest absolute Gasteiger partial charge is 0.460 e. The van der Waals surface area contributed by atoms with Crippen molar-refractivity contribution in [2.45, 2.75) is 92.3 Å². The Bertz CT molecular complexity index is 1160. The van der Waals surface area contributed by atoms with Crippen LogP contribution in [0.1, 0.15) is 79.2 Å². The van der Waals surface area contributed by atoms with E-state index in [0.717, 1.165) is 5.56 Å². The predicted molar refractivity (Wildman–Crippen MR) is 158 cm³/mol. The number of anilines is 1. The molecule has 0 saturated carbocycles. The standard InChI is InChI=1S/C31H44N4O7/c1-7-31(5,6)30(41)42-19-22-12-14-23(15-13-22)33-28(39)21(4)32-29(40)27(20(2)3)34-24(36)11-9-8-10-18-35-25(37)16-17-26(35)38/h12-17,20-21,27H,7-11,18-19H2,1-6H3,(H,32,40)(H,33,39)(H,34,36)/t21-,27-/m1/s1. The number of benzene rings is 1. The molecule has 1 aromatic carbocycles. The lowest BCUT2D eigenvalue weighted by Crippen LogP contribution is -2.53. The molecule has 1 heterocycles. The Hall–Kier alpha value is -4.02. The van der Waals surface area contributed by atoms with Crippen LogP contribution in [0.15, 0.2) is 36.4 Å². The summed E-state index contributed by atoms with van der Waals surface area (Å²) in [4.78, 5) is 74.6. The molecule has 0 unspecified atom stereocenters. The summed E-state index contributed by atoms with van der Waals surface area (Å²) < 4.78 is 5.38. The monoisotopic (exact) mass is 584 g/mol. The van der Waals surface area contributed by atoms with E-state index in [4.69, 9.17) is 4.74 Å². The van der Waals surface area contributed by atoms with E-state index >= 15 is 0 Å². The summed E-state index contributed by atoms with van der Waals surface area (Å²) >= 11 is 0. The zero-order chi connectivity index (χ0) is 31.4. The maximum Gasteiger partial charge on any atom is 0.311 e. The summed E-state index contributed by atoms with van der Waals surface area (Å²) in [5.41, 5.74) is 0.747. The molecule has 0 aliphatic carbocycles. The first kappa shape index (κ1) is 34.2. The highest BCUT2D eigenvalue weighted by Crippen LogP contribution is 2.22. The zero-order valence-corrected chi connectivity index (χ0v) is 25.5. The van der Waals surface area contributed by atoms with E-state index in [1.165, 1.54) is 17.1 Å². The molecule has 1 aliphatic rings. The van der Waals surface area contributed by atoms with Gasteiger partial charge in [0.05, 0.1) is 5.41 Å². The lowest BCUT2D eigenvalue weighted by atomic mass is 9.91. The van der Waals surface area contributed by atoms with Gasteiger partial charge in [0.15, 0.2) is 0 Å². The minimum atomic E-state index is -0.863. The Morgan fingerprint density at radius 1 is 0.881 bits per heavy atom. The number of hydrogen-bond donors (Lipinski definition) is 3. The van der Waals surface area contributed by atoms with E-state index in [-0.39, 0.29) is 42.6 Å². The van der Waals surface area contributed by atoms with E-state index in [1.54, 1.807) is 45.0 Å². The summed E-state index contributed by atoms with van der Waals surface area (Å²) in [7, 11) is 0. The fourth-order valence-corrected chi connectivity index (χ4v) is 3.96. The molecular weight excluding hydrogens is 540 g/mol. The Balaban J connectivity index is 1.77. The molecule has 230 valence electrons. The molecule has 1 aromatic rings. The first-order chi connectivity index (χ1) is 19.7. The lowest BCUT2D eigenvalue weighted by Gasteiger charge is -2.24. The number of rotatable bonds is 16. The van der Waals surface area contributed by atoms with Gasteiger partial charge in [-0.05, 0) is 63.6 Å². The fraction of sp³-hybridized carbons (Fsp3) is 0.548. The highest BCUT2D eigenvalue weighted by molar-refractivity contribution is 6.12. The number of imide groups is 1. The van der Waals surface area contributed by atoms with Crippen molar-refractivity contribution in [2.75, 3.05) is 11.9 Å². The minimum absolute atomic E-state index is 0.129. The topological polar surface area (TPSA) is 151 Å². The molecule has 11 heteroatoms. The minimum Gasteiger partial charge on any atom is -0.460 e. The van der Waals surface area contributed by atoms with Crippen LogP contribution < -0.4 is 16.0 Å². The Morgan fingerprint density at radius 2 is 1.50 bits per heavy atom. The van der Waals surface area contributed by atoms with Crippen molar-refractivity contribution >= 4 is 41.2 Å². The van der Waals surface area contributed by atoms with E-state index in [9.17, 15) is 28.8 Å². The van der Waals surface area contributed by atoms with Gasteiger partial charge < -0.3 is 20.7 Å². The molecule has 0 fully saturated rings. The van der Waals surface area contributed by atoms with Crippen LogP contribution >= 0.6 is 0 Å². The van der Waals surface area contributed by atoms with E-state index < -0.39 is 29.3 Å². The number of esters is 1. The molecule has 0 saturated heterocycles. The maximum absolute atomic E-state index is 12.9. The second-order valence-corrected chi connectivity index (χ2v) is 11.5. The van der Waals surface area contributed by atoms with Crippen LogP contribution in [0.4, 0.5) is 5.69 Å². The number of nitrogens with zero attached hydrogens (tertiary/aromatic N) is 1. The van der Waals surface area contributed by atoms with Crippen molar-refractivity contribution in [2.24, 2.45) is 11.3 Å². The highest BCUT2D eigenvalue weighted by Gasteiger charge is 2.28. The average Bonchev–Trinajstić information content (AvgIpc) is 3.26. The molecule has 0 spiro atoms. The van der Waals surface area contributed by atoms with Crippen LogP contribution in [-0.2, 0) is 40.1 Å². The molecule has 0 aromatic heterocycles. The fourth-order valence-electron chi connectivity index (χ4n) is 3.96. The third kappa shape index (κ3) is 10.4. The summed E-state index contributed by atoms with van der Waals surface area (Å²) in [6.45, 7) is 11.2. The zero-order valence-electron chi connectivity index (χ0n) is 25.5. The van der Waals surface area contributed by atoms with Crippen molar-refractivity contribution in [3.63, 3.8) is 0 Å². The predicted octanol–water partition coefficient (Wildman–Crippen LogP) is 3.24. The summed E-state index contributed by atoms with van der Waals surface area (Å²) in [6.07, 6.45) is 5.11. The van der Waals surface area contributed by atoms with Gasteiger partial charge in [-0.2, -0.15) is 0 Å². The van der Waals surface area contributed by atoms with Crippen LogP contribution in [0.25, 0.3) is 0 Å². The second kappa shape index (κ2) is 15.8. The van der Waals surface area contributed by atoms with Crippen LogP contribution in [0.3, 0.4) is 0 Å². The van der Waals surface area contributed by atoms with Gasteiger partial charge in [0.2, 0.25) is 17.7 Å². The highest BCUT2D eigenvalue weighted by atomic mass is 16.5. The van der Waals surface area contributed by atoms with Gasteiger partial charge in [0, 0.05) is 30.8 Å². The molecule has 2 atom stereocenters. The van der Waals surface area contributed by atoms with Crippen molar-refractivity contribution in [1.29, 1.82) is 0 Å². The van der Waals surface area contributed by atoms with E-state index in [2.05, 4.69) is 16.0 Å². The first-order valence-electron chi connectivity index (χ1n) is 14.5. The molecule has 1 aliphatic heterocycles. The summed E-state index contributed by atoms with van der Waals surface area (Å²) in [6, 6.07) is 5.19. The molecular formula is C31H44N4O7. The number of carbonyl (C=O) groups excluding carboxylic acids is 6. The number of ether oxygens (including phenoxy) is 1. The molecule has 0 radical (unpaired) electrons. The first-order valence-corrected chi connectivity index (χ1v) is 14.5. The van der Waals surface area contributed by atoms with Crippen molar-refractivity contribution in [1.82, 2.24) is 15.5 Å². The molecule has 11 nitrogen and oxygen atoms in total. The van der Waals surface area contributed by atoms with Gasteiger partial charge in [-0.25, -0.2) is 0 Å². The third-order valence-electron chi connectivity index (χ3n) is 7.23. The molecule has 2 rings (SSSR count). The summed E-state index contributed by atoms with van der Waals surface area (Å²) in [5, 5.41) is 8.16. The van der Waals surface area contributed by atoms with Gasteiger partial charge in [-0.15, -0.1) is 0 Å². The summed E-state index contributed by atoms with van der Waals surface area (Å²) in [5.74, 6) is -2.32. The van der Waals surface area contributed by atoms with Gasteiger partial charge in [-0.3, -0.25) is 33.7 Å². The second-order valence-electron chi connectivity index (χ2n) is 11.5. The number of nitrogens with one attached hydrogen (secondary N) is 3. The van der Waals surface area contributed by atoms with E-state index in [0.29, 0.717) is 37.9 Å². The lowest BCUT2D eigenvalue weighted by molar-refractivity contribution is -0.155. The Morgan fingerprint density at radius 3 is 2.07 bits per heavy atom. The van der Waals surface area contributed by atoms with Gasteiger partial charge in [0.25, 0.3) is 11.8 Å². The normalized spacial score (nSPS) is 14.5. The number of amides is 5. The van der Waals surface area contributed by atoms with Crippen LogP contribution in [0, 0.1) is 11.3 Å². The number of carbonyl (C=O) groups is 6. The van der Waals surface area contributed by atoms with E-state index in [1.807, 2.05) is 20.8 Å². The maximum atomic E-state index is 12.9. The number of hydrogen-bond acceptors (Lipinski definition) is 7. The quantitative estimate of drug-likeness (QED) is 0.153. The van der Waals surface area contributed by atoms with Crippen LogP contribution in [-0.4, -0.2) is 59.0 Å². The van der Waals surface area contributed by atoms with Gasteiger partial charge in [0.1, 0.15) is 18.7 Å². The van der Waals surface area contributed by atoms with Crippen molar-refractivity contribution in [3.05, 3.63) is 42.0 Å². The molecule has 0 bridgehead atoms. The molecule has 3 N–H and O–H groups in total. The third-order valence-corrected chi connectivity index (χ3v) is 7.23. The average molecular weight is 585 g/mol. The van der Waals surface area contributed by atoms with Crippen LogP contribution in [0.5, 0.6) is 0 Å².